The molecule has 1 amide bonds. The first-order valence-electron chi connectivity index (χ1n) is 11.5. The Bertz CT molecular complexity index is 910. The molecular formula is C24H35N5OS. The van der Waals surface area contributed by atoms with Crippen molar-refractivity contribution in [3.8, 4) is 0 Å². The molecule has 0 atom stereocenters. The van der Waals surface area contributed by atoms with Crippen LogP contribution in [-0.4, -0.2) is 66.0 Å². The van der Waals surface area contributed by atoms with Gasteiger partial charge in [-0.1, -0.05) is 18.2 Å². The van der Waals surface area contributed by atoms with Gasteiger partial charge in [0.25, 0.3) is 0 Å². The largest absolute Gasteiger partial charge is 0.361 e. The Morgan fingerprint density at radius 2 is 2.00 bits per heavy atom. The molecule has 2 aromatic rings. The van der Waals surface area contributed by atoms with Crippen LogP contribution in [0.5, 0.6) is 0 Å². The molecule has 4 rings (SSSR count). The highest BCUT2D eigenvalue weighted by atomic mass is 32.2. The molecule has 7 heteroatoms. The normalized spacial score (nSPS) is 22.5. The molecule has 1 saturated heterocycles. The summed E-state index contributed by atoms with van der Waals surface area (Å²) in [5.41, 5.74) is 3.84. The number of hydrogen-bond acceptors (Lipinski definition) is 3. The number of para-hydroxylation sites is 1. The number of rotatable bonds is 5. The zero-order valence-corrected chi connectivity index (χ0v) is 19.6. The minimum atomic E-state index is 0.210. The minimum Gasteiger partial charge on any atom is -0.361 e. The molecule has 31 heavy (non-hydrogen) atoms. The molecule has 2 fully saturated rings. The Kier molecular flexibility index (Phi) is 7.43. The highest BCUT2D eigenvalue weighted by Gasteiger charge is 2.30. The van der Waals surface area contributed by atoms with Crippen molar-refractivity contribution in [2.75, 3.05) is 38.2 Å². The van der Waals surface area contributed by atoms with E-state index in [0.717, 1.165) is 69.2 Å². The van der Waals surface area contributed by atoms with E-state index in [4.69, 9.17) is 0 Å². The Morgan fingerprint density at radius 3 is 2.74 bits per heavy atom. The van der Waals surface area contributed by atoms with Crippen LogP contribution in [-0.2, 0) is 11.2 Å². The van der Waals surface area contributed by atoms with E-state index in [1.165, 1.54) is 22.0 Å². The van der Waals surface area contributed by atoms with Gasteiger partial charge in [-0.2, -0.15) is 11.8 Å². The Morgan fingerprint density at radius 1 is 1.23 bits per heavy atom. The summed E-state index contributed by atoms with van der Waals surface area (Å²) in [5.74, 6) is 3.63. The van der Waals surface area contributed by atoms with Gasteiger partial charge in [0.15, 0.2) is 5.96 Å². The van der Waals surface area contributed by atoms with Crippen LogP contribution in [0.15, 0.2) is 29.4 Å². The summed E-state index contributed by atoms with van der Waals surface area (Å²) in [7, 11) is 1.83. The van der Waals surface area contributed by atoms with Gasteiger partial charge in [0.2, 0.25) is 5.91 Å². The number of nitrogens with one attached hydrogen (secondary N) is 3. The fraction of sp³-hybridized carbons (Fsp3) is 0.583. The average molecular weight is 442 g/mol. The maximum absolute atomic E-state index is 12.8. The molecule has 1 saturated carbocycles. The zero-order valence-electron chi connectivity index (χ0n) is 18.7. The second kappa shape index (κ2) is 10.4. The number of H-pyrrole nitrogens is 1. The maximum Gasteiger partial charge on any atom is 0.225 e. The number of benzene rings is 1. The lowest BCUT2D eigenvalue weighted by molar-refractivity contribution is -0.136. The summed E-state index contributed by atoms with van der Waals surface area (Å²) in [6, 6.07) is 6.83. The number of amides is 1. The zero-order chi connectivity index (χ0) is 21.6. The summed E-state index contributed by atoms with van der Waals surface area (Å²) in [4.78, 5) is 22.7. The molecule has 0 radical (unpaired) electrons. The maximum atomic E-state index is 12.8. The third-order valence-electron chi connectivity index (χ3n) is 6.66. The van der Waals surface area contributed by atoms with E-state index in [0.29, 0.717) is 11.9 Å². The van der Waals surface area contributed by atoms with Gasteiger partial charge >= 0.3 is 0 Å². The van der Waals surface area contributed by atoms with E-state index in [2.05, 4.69) is 56.8 Å². The lowest BCUT2D eigenvalue weighted by Crippen LogP contribution is -2.47. The van der Waals surface area contributed by atoms with E-state index < -0.39 is 0 Å². The van der Waals surface area contributed by atoms with Crippen LogP contribution in [0.2, 0.25) is 0 Å². The van der Waals surface area contributed by atoms with E-state index in [-0.39, 0.29) is 5.92 Å². The van der Waals surface area contributed by atoms with Crippen LogP contribution >= 0.6 is 11.8 Å². The molecular weight excluding hydrogens is 406 g/mol. The molecule has 1 aliphatic heterocycles. The lowest BCUT2D eigenvalue weighted by Gasteiger charge is -2.34. The molecule has 2 aliphatic rings. The Labute approximate surface area is 189 Å². The molecule has 0 bridgehead atoms. The van der Waals surface area contributed by atoms with Crippen molar-refractivity contribution in [3.05, 3.63) is 35.5 Å². The Hall–Kier alpha value is -2.15. The van der Waals surface area contributed by atoms with Crippen LogP contribution in [0.4, 0.5) is 0 Å². The molecule has 168 valence electrons. The highest BCUT2D eigenvalue weighted by Crippen LogP contribution is 2.27. The number of aryl methyl sites for hydroxylation is 1. The quantitative estimate of drug-likeness (QED) is 0.492. The highest BCUT2D eigenvalue weighted by molar-refractivity contribution is 7.99. The lowest BCUT2D eigenvalue weighted by atomic mass is 9.85. The van der Waals surface area contributed by atoms with Gasteiger partial charge in [0, 0.05) is 67.2 Å². The van der Waals surface area contributed by atoms with E-state index in [1.807, 2.05) is 18.8 Å². The van der Waals surface area contributed by atoms with Gasteiger partial charge in [0.05, 0.1) is 0 Å². The van der Waals surface area contributed by atoms with Crippen molar-refractivity contribution in [2.45, 2.75) is 45.1 Å². The van der Waals surface area contributed by atoms with Crippen LogP contribution in [0.25, 0.3) is 10.9 Å². The van der Waals surface area contributed by atoms with Crippen molar-refractivity contribution in [2.24, 2.45) is 10.9 Å². The standard InChI is InChI=1S/C24H35N5OS/c1-17-4-3-5-21-19(16-27-22(17)21)10-11-26-24(25-2)28-20-8-6-18(7-9-20)23(30)29-12-14-31-15-13-29/h3-5,16,18,20,27H,6-15H2,1-2H3,(H2,25,26,28). The first-order chi connectivity index (χ1) is 15.2. The van der Waals surface area contributed by atoms with E-state index >= 15 is 0 Å². The Balaban J connectivity index is 1.22. The van der Waals surface area contributed by atoms with Crippen LogP contribution in [0.1, 0.15) is 36.8 Å². The smallest absolute Gasteiger partial charge is 0.225 e. The van der Waals surface area contributed by atoms with Crippen molar-refractivity contribution in [1.82, 2.24) is 20.5 Å². The fourth-order valence-corrected chi connectivity index (χ4v) is 5.70. The molecule has 1 aromatic carbocycles. The third kappa shape index (κ3) is 5.37. The third-order valence-corrected chi connectivity index (χ3v) is 7.60. The number of aromatic nitrogens is 1. The second-order valence-corrected chi connectivity index (χ2v) is 9.92. The van der Waals surface area contributed by atoms with Gasteiger partial charge in [-0.25, -0.2) is 0 Å². The first kappa shape index (κ1) is 22.1. The topological polar surface area (TPSA) is 72.5 Å². The number of carbonyl (C=O) groups excluding carboxylic acids is 1. The summed E-state index contributed by atoms with van der Waals surface area (Å²) >= 11 is 1.95. The fourth-order valence-electron chi connectivity index (χ4n) is 4.80. The summed E-state index contributed by atoms with van der Waals surface area (Å²) in [6.07, 6.45) is 7.08. The number of aromatic amines is 1. The molecule has 3 N–H and O–H groups in total. The van der Waals surface area contributed by atoms with Gasteiger partial charge < -0.3 is 20.5 Å². The van der Waals surface area contributed by atoms with Gasteiger partial charge in [-0.05, 0) is 50.2 Å². The van der Waals surface area contributed by atoms with Gasteiger partial charge in [0.1, 0.15) is 0 Å². The van der Waals surface area contributed by atoms with E-state index in [1.54, 1.807) is 0 Å². The molecule has 1 aliphatic carbocycles. The molecule has 1 aromatic heterocycles. The molecule has 0 spiro atoms. The number of nitrogens with zero attached hydrogens (tertiary/aromatic N) is 2. The van der Waals surface area contributed by atoms with Crippen LogP contribution < -0.4 is 10.6 Å². The van der Waals surface area contributed by atoms with Gasteiger partial charge in [-0.3, -0.25) is 9.79 Å². The number of guanidine groups is 1. The van der Waals surface area contributed by atoms with Crippen LogP contribution in [0.3, 0.4) is 0 Å². The number of thioether (sulfide) groups is 1. The molecule has 0 unspecified atom stereocenters. The number of hydrogen-bond donors (Lipinski definition) is 3. The predicted molar refractivity (Wildman–Crippen MR) is 131 cm³/mol. The average Bonchev–Trinajstić information content (AvgIpc) is 3.23. The number of fused-ring (bicyclic) bond motifs is 1. The SMILES string of the molecule is CN=C(NCCc1c[nH]c2c(C)cccc12)NC1CCC(C(=O)N2CCSCC2)CC1. The van der Waals surface area contributed by atoms with Crippen molar-refractivity contribution < 1.29 is 4.79 Å². The number of carbonyl (C=O) groups is 1. The van der Waals surface area contributed by atoms with Crippen molar-refractivity contribution in [3.63, 3.8) is 0 Å². The van der Waals surface area contributed by atoms with Crippen LogP contribution in [0, 0.1) is 12.8 Å². The number of aliphatic imine (C=N–C) groups is 1. The predicted octanol–water partition coefficient (Wildman–Crippen LogP) is 3.32. The van der Waals surface area contributed by atoms with Crippen molar-refractivity contribution in [1.29, 1.82) is 0 Å². The van der Waals surface area contributed by atoms with Crippen molar-refractivity contribution >= 4 is 34.5 Å². The van der Waals surface area contributed by atoms with E-state index in [9.17, 15) is 4.79 Å². The first-order valence-corrected chi connectivity index (χ1v) is 12.7. The summed E-state index contributed by atoms with van der Waals surface area (Å²) in [6.45, 7) is 4.82. The summed E-state index contributed by atoms with van der Waals surface area (Å²) < 4.78 is 0. The van der Waals surface area contributed by atoms with Gasteiger partial charge in [-0.15, -0.1) is 0 Å². The minimum absolute atomic E-state index is 0.210. The second-order valence-electron chi connectivity index (χ2n) is 8.69. The molecule has 2 heterocycles. The molecule has 6 nitrogen and oxygen atoms in total. The monoisotopic (exact) mass is 441 g/mol. The summed E-state index contributed by atoms with van der Waals surface area (Å²) in [5, 5.41) is 8.35.